The summed E-state index contributed by atoms with van der Waals surface area (Å²) in [5.41, 5.74) is 0.791. The molecule has 0 bridgehead atoms. The first kappa shape index (κ1) is 21.6. The van der Waals surface area contributed by atoms with Crippen LogP contribution in [0.5, 0.6) is 11.5 Å². The normalized spacial score (nSPS) is 11.6. The van der Waals surface area contributed by atoms with Crippen molar-refractivity contribution >= 4 is 27.3 Å². The molecule has 2 N–H and O–H groups in total. The molecule has 7 nitrogen and oxygen atoms in total. The minimum atomic E-state index is -3.87. The number of carbonyl (C=O) groups is 1. The van der Waals surface area contributed by atoms with E-state index in [0.29, 0.717) is 28.4 Å². The first-order chi connectivity index (χ1) is 13.0. The Bertz CT molecular complexity index is 979. The summed E-state index contributed by atoms with van der Waals surface area (Å²) in [6.45, 7) is 7.08. The molecule has 0 atom stereocenters. The van der Waals surface area contributed by atoms with Crippen molar-refractivity contribution < 1.29 is 22.7 Å². The van der Waals surface area contributed by atoms with Crippen molar-refractivity contribution in [3.63, 3.8) is 0 Å². The average molecular weight is 407 g/mol. The van der Waals surface area contributed by atoms with Gasteiger partial charge in [-0.05, 0) is 36.8 Å². The lowest BCUT2D eigenvalue weighted by atomic mass is 9.95. The number of amides is 1. The molecule has 152 valence electrons. The smallest absolute Gasteiger partial charge is 0.262 e. The number of carbonyl (C=O) groups excluding carboxylic acids is 1. The molecule has 0 aromatic heterocycles. The lowest BCUT2D eigenvalue weighted by molar-refractivity contribution is -0.123. The molecule has 0 heterocycles. The van der Waals surface area contributed by atoms with E-state index in [2.05, 4.69) is 10.0 Å². The zero-order chi connectivity index (χ0) is 21.1. The minimum absolute atomic E-state index is 0.0780. The maximum Gasteiger partial charge on any atom is 0.262 e. The molecule has 0 unspecified atom stereocenters. The monoisotopic (exact) mass is 406 g/mol. The van der Waals surface area contributed by atoms with Gasteiger partial charge in [-0.3, -0.25) is 9.52 Å². The minimum Gasteiger partial charge on any atom is -0.493 e. The van der Waals surface area contributed by atoms with Crippen LogP contribution in [0.4, 0.5) is 11.4 Å². The highest BCUT2D eigenvalue weighted by Crippen LogP contribution is 2.33. The molecule has 0 aliphatic rings. The van der Waals surface area contributed by atoms with Gasteiger partial charge < -0.3 is 14.8 Å². The van der Waals surface area contributed by atoms with Gasteiger partial charge in [0.1, 0.15) is 0 Å². The standard InChI is InChI=1S/C20H26N2O5S/c1-13-10-16(26-5)17(27-6)12-18(13)28(24,25)22-15-9-7-8-14(11-15)21-19(23)20(2,3)4/h7-12,22H,1-6H3,(H,21,23). The fourth-order valence-corrected chi connectivity index (χ4v) is 3.73. The Labute approximate surface area is 166 Å². The van der Waals surface area contributed by atoms with Crippen LogP contribution in [-0.4, -0.2) is 28.5 Å². The van der Waals surface area contributed by atoms with Gasteiger partial charge in [-0.25, -0.2) is 8.42 Å². The van der Waals surface area contributed by atoms with Crippen LogP contribution in [0, 0.1) is 12.3 Å². The van der Waals surface area contributed by atoms with E-state index in [4.69, 9.17) is 9.47 Å². The van der Waals surface area contributed by atoms with E-state index >= 15 is 0 Å². The molecule has 0 saturated carbocycles. The van der Waals surface area contributed by atoms with Crippen molar-refractivity contribution in [3.05, 3.63) is 42.0 Å². The van der Waals surface area contributed by atoms with Gasteiger partial charge in [0, 0.05) is 17.2 Å². The average Bonchev–Trinajstić information content (AvgIpc) is 2.60. The second kappa shape index (κ2) is 8.10. The van der Waals surface area contributed by atoms with Gasteiger partial charge in [-0.2, -0.15) is 0 Å². The molecule has 0 aliphatic heterocycles. The van der Waals surface area contributed by atoms with Crippen LogP contribution < -0.4 is 19.5 Å². The highest BCUT2D eigenvalue weighted by molar-refractivity contribution is 7.92. The molecular weight excluding hydrogens is 380 g/mol. The second-order valence-corrected chi connectivity index (χ2v) is 9.01. The predicted octanol–water partition coefficient (Wildman–Crippen LogP) is 3.80. The number of nitrogens with one attached hydrogen (secondary N) is 2. The van der Waals surface area contributed by atoms with Crippen molar-refractivity contribution in [1.29, 1.82) is 0 Å². The number of ether oxygens (including phenoxy) is 2. The number of aryl methyl sites for hydroxylation is 1. The second-order valence-electron chi connectivity index (χ2n) is 7.36. The number of sulfonamides is 1. The topological polar surface area (TPSA) is 93.7 Å². The van der Waals surface area contributed by atoms with Gasteiger partial charge in [0.05, 0.1) is 24.8 Å². The Morgan fingerprint density at radius 1 is 0.964 bits per heavy atom. The van der Waals surface area contributed by atoms with Crippen LogP contribution in [0.25, 0.3) is 0 Å². The zero-order valence-corrected chi connectivity index (χ0v) is 17.7. The van der Waals surface area contributed by atoms with E-state index in [1.54, 1.807) is 58.0 Å². The Morgan fingerprint density at radius 3 is 2.11 bits per heavy atom. The van der Waals surface area contributed by atoms with E-state index < -0.39 is 15.4 Å². The summed E-state index contributed by atoms with van der Waals surface area (Å²) in [7, 11) is -0.943. The first-order valence-corrected chi connectivity index (χ1v) is 10.1. The van der Waals surface area contributed by atoms with Gasteiger partial charge in [0.15, 0.2) is 11.5 Å². The summed E-state index contributed by atoms with van der Waals surface area (Å²) in [5, 5.41) is 2.78. The van der Waals surface area contributed by atoms with Gasteiger partial charge in [0.25, 0.3) is 10.0 Å². The highest BCUT2D eigenvalue weighted by Gasteiger charge is 2.22. The van der Waals surface area contributed by atoms with Gasteiger partial charge in [0.2, 0.25) is 5.91 Å². The van der Waals surface area contributed by atoms with Gasteiger partial charge >= 0.3 is 0 Å². The van der Waals surface area contributed by atoms with Crippen LogP contribution in [0.2, 0.25) is 0 Å². The number of methoxy groups -OCH3 is 2. The van der Waals surface area contributed by atoms with Crippen molar-refractivity contribution in [2.75, 3.05) is 24.3 Å². The summed E-state index contributed by atoms with van der Waals surface area (Å²) in [4.78, 5) is 12.2. The van der Waals surface area contributed by atoms with Crippen molar-refractivity contribution in [3.8, 4) is 11.5 Å². The summed E-state index contributed by atoms with van der Waals surface area (Å²) >= 11 is 0. The zero-order valence-electron chi connectivity index (χ0n) is 16.9. The molecule has 28 heavy (non-hydrogen) atoms. The maximum absolute atomic E-state index is 12.9. The molecule has 1 amide bonds. The SMILES string of the molecule is COc1cc(C)c(S(=O)(=O)Nc2cccc(NC(=O)C(C)(C)C)c2)cc1OC. The third-order valence-corrected chi connectivity index (χ3v) is 5.55. The number of rotatable bonds is 6. The molecule has 0 saturated heterocycles. The highest BCUT2D eigenvalue weighted by atomic mass is 32.2. The van der Waals surface area contributed by atoms with Crippen molar-refractivity contribution in [2.24, 2.45) is 5.41 Å². The Hall–Kier alpha value is -2.74. The van der Waals surface area contributed by atoms with E-state index in [9.17, 15) is 13.2 Å². The fourth-order valence-electron chi connectivity index (χ4n) is 2.44. The molecule has 2 aromatic rings. The van der Waals surface area contributed by atoms with Crippen LogP contribution in [0.3, 0.4) is 0 Å². The number of hydrogen-bond donors (Lipinski definition) is 2. The van der Waals surface area contributed by atoms with Gasteiger partial charge in [-0.1, -0.05) is 26.8 Å². The van der Waals surface area contributed by atoms with Crippen LogP contribution >= 0.6 is 0 Å². The molecule has 0 aliphatic carbocycles. The van der Waals surface area contributed by atoms with Gasteiger partial charge in [-0.15, -0.1) is 0 Å². The maximum atomic E-state index is 12.9. The summed E-state index contributed by atoms with van der Waals surface area (Å²) < 4.78 is 38.7. The molecular formula is C20H26N2O5S. The van der Waals surface area contributed by atoms with Crippen molar-refractivity contribution in [2.45, 2.75) is 32.6 Å². The molecule has 2 rings (SSSR count). The predicted molar refractivity (Wildman–Crippen MR) is 110 cm³/mol. The Balaban J connectivity index is 2.33. The quantitative estimate of drug-likeness (QED) is 0.761. The fraction of sp³-hybridized carbons (Fsp3) is 0.350. The largest absolute Gasteiger partial charge is 0.493 e. The van der Waals surface area contributed by atoms with Crippen LogP contribution in [0.1, 0.15) is 26.3 Å². The summed E-state index contributed by atoms with van der Waals surface area (Å²) in [6, 6.07) is 9.56. The Kier molecular flexibility index (Phi) is 6.23. The van der Waals surface area contributed by atoms with Crippen LogP contribution in [0.15, 0.2) is 41.3 Å². The lowest BCUT2D eigenvalue weighted by Crippen LogP contribution is -2.27. The molecule has 0 fully saturated rings. The summed E-state index contributed by atoms with van der Waals surface area (Å²) in [5.74, 6) is 0.605. The first-order valence-electron chi connectivity index (χ1n) is 8.65. The van der Waals surface area contributed by atoms with E-state index in [-0.39, 0.29) is 10.8 Å². The number of benzene rings is 2. The number of anilines is 2. The molecule has 2 aromatic carbocycles. The van der Waals surface area contributed by atoms with E-state index in [1.807, 2.05) is 0 Å². The van der Waals surface area contributed by atoms with Crippen molar-refractivity contribution in [1.82, 2.24) is 0 Å². The molecule has 0 radical (unpaired) electrons. The van der Waals surface area contributed by atoms with Crippen LogP contribution in [-0.2, 0) is 14.8 Å². The third-order valence-electron chi connectivity index (χ3n) is 4.02. The number of hydrogen-bond acceptors (Lipinski definition) is 5. The molecule has 8 heteroatoms. The van der Waals surface area contributed by atoms with E-state index in [1.165, 1.54) is 20.3 Å². The summed E-state index contributed by atoms with van der Waals surface area (Å²) in [6.07, 6.45) is 0. The molecule has 0 spiro atoms. The van der Waals surface area contributed by atoms with E-state index in [0.717, 1.165) is 0 Å². The lowest BCUT2D eigenvalue weighted by Gasteiger charge is -2.18. The third kappa shape index (κ3) is 4.95. The Morgan fingerprint density at radius 2 is 1.54 bits per heavy atom.